The fraction of sp³-hybridized carbons (Fsp3) is 0.500. The smallest absolute Gasteiger partial charge is 0.156 e. The van der Waals surface area contributed by atoms with Crippen molar-refractivity contribution in [2.75, 3.05) is 13.7 Å². The average Bonchev–Trinajstić information content (AvgIpc) is 2.61. The normalized spacial score (nSPS) is 29.6. The number of hydrogen-bond acceptors (Lipinski definition) is 3. The molecule has 0 aliphatic carbocycles. The summed E-state index contributed by atoms with van der Waals surface area (Å²) in [4.78, 5) is 0. The fourth-order valence-corrected chi connectivity index (χ4v) is 2.16. The second-order valence-electron chi connectivity index (χ2n) is 3.78. The lowest BCUT2D eigenvalue weighted by molar-refractivity contribution is -0.0586. The van der Waals surface area contributed by atoms with E-state index in [2.05, 4.69) is 0 Å². The molecule has 1 aromatic rings. The molecule has 3 atom stereocenters. The van der Waals surface area contributed by atoms with Crippen LogP contribution in [-0.2, 0) is 14.2 Å². The van der Waals surface area contributed by atoms with Crippen LogP contribution in [0.25, 0.3) is 0 Å². The first kappa shape index (κ1) is 11.9. The summed E-state index contributed by atoms with van der Waals surface area (Å²) in [6.45, 7) is 2.37. The molecular formula is C12H15ClO3. The second-order valence-corrected chi connectivity index (χ2v) is 4.18. The second kappa shape index (κ2) is 5.15. The molecule has 1 fully saturated rings. The first-order chi connectivity index (χ1) is 7.72. The highest BCUT2D eigenvalue weighted by molar-refractivity contribution is 6.31. The van der Waals surface area contributed by atoms with Gasteiger partial charge in [0.05, 0.1) is 6.61 Å². The lowest BCUT2D eigenvalue weighted by Crippen LogP contribution is -2.21. The summed E-state index contributed by atoms with van der Waals surface area (Å²) >= 11 is 6.14. The van der Waals surface area contributed by atoms with Crippen molar-refractivity contribution in [3.63, 3.8) is 0 Å². The summed E-state index contributed by atoms with van der Waals surface area (Å²) in [5.74, 6) is 0. The van der Waals surface area contributed by atoms with Crippen molar-refractivity contribution >= 4 is 11.6 Å². The predicted octanol–water partition coefficient (Wildman–Crippen LogP) is 2.79. The van der Waals surface area contributed by atoms with Gasteiger partial charge in [-0.3, -0.25) is 0 Å². The van der Waals surface area contributed by atoms with Gasteiger partial charge in [-0.15, -0.1) is 0 Å². The van der Waals surface area contributed by atoms with E-state index in [1.54, 1.807) is 7.11 Å². The molecule has 0 radical (unpaired) electrons. The molecule has 0 spiro atoms. The number of benzene rings is 1. The Morgan fingerprint density at radius 3 is 2.75 bits per heavy atom. The number of halogens is 1. The van der Waals surface area contributed by atoms with Crippen LogP contribution in [0.4, 0.5) is 0 Å². The van der Waals surface area contributed by atoms with Crippen molar-refractivity contribution < 1.29 is 14.2 Å². The third-order valence-electron chi connectivity index (χ3n) is 2.59. The average molecular weight is 243 g/mol. The summed E-state index contributed by atoms with van der Waals surface area (Å²) in [5, 5.41) is 0.700. The molecule has 88 valence electrons. The van der Waals surface area contributed by atoms with Crippen LogP contribution >= 0.6 is 11.6 Å². The summed E-state index contributed by atoms with van der Waals surface area (Å²) in [5.41, 5.74) is 0.954. The third-order valence-corrected chi connectivity index (χ3v) is 2.93. The van der Waals surface area contributed by atoms with Gasteiger partial charge in [0, 0.05) is 17.7 Å². The van der Waals surface area contributed by atoms with Crippen LogP contribution in [0.1, 0.15) is 18.6 Å². The van der Waals surface area contributed by atoms with Crippen molar-refractivity contribution in [3.8, 4) is 0 Å². The zero-order valence-electron chi connectivity index (χ0n) is 9.35. The Balaban J connectivity index is 2.22. The molecule has 1 aliphatic rings. The largest absolute Gasteiger partial charge is 0.382 e. The van der Waals surface area contributed by atoms with E-state index in [1.165, 1.54) is 0 Å². The van der Waals surface area contributed by atoms with E-state index in [9.17, 15) is 0 Å². The van der Waals surface area contributed by atoms with Crippen LogP contribution in [0.3, 0.4) is 0 Å². The van der Waals surface area contributed by atoms with Crippen LogP contribution in [-0.4, -0.2) is 26.1 Å². The van der Waals surface area contributed by atoms with E-state index < -0.39 is 0 Å². The summed E-state index contributed by atoms with van der Waals surface area (Å²) in [6.07, 6.45) is -0.468. The quantitative estimate of drug-likeness (QED) is 0.816. The molecule has 1 aromatic carbocycles. The maximum Gasteiger partial charge on any atom is 0.156 e. The Kier molecular flexibility index (Phi) is 3.82. The lowest BCUT2D eigenvalue weighted by Gasteiger charge is -2.17. The van der Waals surface area contributed by atoms with Gasteiger partial charge < -0.3 is 14.2 Å². The van der Waals surface area contributed by atoms with Gasteiger partial charge in [-0.2, -0.15) is 0 Å². The summed E-state index contributed by atoms with van der Waals surface area (Å²) in [6, 6.07) is 7.65. The highest BCUT2D eigenvalue weighted by atomic mass is 35.5. The SMILES string of the molecule is COCC1OC(C)OC1c1ccccc1Cl. The Morgan fingerprint density at radius 1 is 1.31 bits per heavy atom. The number of ether oxygens (including phenoxy) is 3. The minimum absolute atomic E-state index is 0.0973. The van der Waals surface area contributed by atoms with Crippen LogP contribution in [0.2, 0.25) is 5.02 Å². The van der Waals surface area contributed by atoms with Crippen molar-refractivity contribution in [2.45, 2.75) is 25.4 Å². The minimum Gasteiger partial charge on any atom is -0.382 e. The van der Waals surface area contributed by atoms with Gasteiger partial charge in [0.1, 0.15) is 12.2 Å². The van der Waals surface area contributed by atoms with Gasteiger partial charge in [-0.05, 0) is 13.0 Å². The maximum absolute atomic E-state index is 6.14. The maximum atomic E-state index is 6.14. The van der Waals surface area contributed by atoms with E-state index in [4.69, 9.17) is 25.8 Å². The Labute approximate surface area is 100 Å². The van der Waals surface area contributed by atoms with E-state index in [0.717, 1.165) is 5.56 Å². The van der Waals surface area contributed by atoms with Crippen molar-refractivity contribution in [2.24, 2.45) is 0 Å². The van der Waals surface area contributed by atoms with Crippen molar-refractivity contribution in [1.29, 1.82) is 0 Å². The topological polar surface area (TPSA) is 27.7 Å². The van der Waals surface area contributed by atoms with Gasteiger partial charge in [-0.25, -0.2) is 0 Å². The Morgan fingerprint density at radius 2 is 2.06 bits per heavy atom. The molecule has 1 saturated heterocycles. The molecule has 1 aliphatic heterocycles. The fourth-order valence-electron chi connectivity index (χ4n) is 1.91. The number of hydrogen-bond donors (Lipinski definition) is 0. The van der Waals surface area contributed by atoms with Gasteiger partial charge in [0.15, 0.2) is 6.29 Å². The van der Waals surface area contributed by atoms with Gasteiger partial charge in [0.25, 0.3) is 0 Å². The van der Waals surface area contributed by atoms with Crippen LogP contribution in [0.15, 0.2) is 24.3 Å². The van der Waals surface area contributed by atoms with Gasteiger partial charge >= 0.3 is 0 Å². The zero-order valence-corrected chi connectivity index (χ0v) is 10.1. The lowest BCUT2D eigenvalue weighted by atomic mass is 10.1. The molecule has 0 saturated carbocycles. The number of methoxy groups -OCH3 is 1. The molecular weight excluding hydrogens is 228 g/mol. The molecule has 1 heterocycles. The molecule has 0 aromatic heterocycles. The van der Waals surface area contributed by atoms with Crippen molar-refractivity contribution in [1.82, 2.24) is 0 Å². The number of rotatable bonds is 3. The molecule has 16 heavy (non-hydrogen) atoms. The molecule has 3 unspecified atom stereocenters. The Hall–Kier alpha value is -0.610. The summed E-state index contributed by atoms with van der Waals surface area (Å²) in [7, 11) is 1.65. The van der Waals surface area contributed by atoms with Crippen LogP contribution in [0, 0.1) is 0 Å². The third kappa shape index (κ3) is 2.38. The van der Waals surface area contributed by atoms with E-state index in [-0.39, 0.29) is 18.5 Å². The van der Waals surface area contributed by atoms with Crippen molar-refractivity contribution in [3.05, 3.63) is 34.9 Å². The molecule has 0 N–H and O–H groups in total. The molecule has 0 amide bonds. The summed E-state index contributed by atoms with van der Waals surface area (Å²) < 4.78 is 16.4. The van der Waals surface area contributed by atoms with Crippen LogP contribution < -0.4 is 0 Å². The van der Waals surface area contributed by atoms with E-state index in [1.807, 2.05) is 31.2 Å². The van der Waals surface area contributed by atoms with E-state index in [0.29, 0.717) is 11.6 Å². The van der Waals surface area contributed by atoms with Crippen LogP contribution in [0.5, 0.6) is 0 Å². The van der Waals surface area contributed by atoms with Gasteiger partial charge in [-0.1, -0.05) is 29.8 Å². The Bertz CT molecular complexity index is 356. The first-order valence-electron chi connectivity index (χ1n) is 5.26. The first-order valence-corrected chi connectivity index (χ1v) is 5.64. The zero-order chi connectivity index (χ0) is 11.5. The van der Waals surface area contributed by atoms with E-state index >= 15 is 0 Å². The molecule has 3 nitrogen and oxygen atoms in total. The monoisotopic (exact) mass is 242 g/mol. The highest BCUT2D eigenvalue weighted by Gasteiger charge is 2.35. The predicted molar refractivity (Wildman–Crippen MR) is 61.5 cm³/mol. The standard InChI is InChI=1S/C12H15ClO3/c1-8-15-11(7-14-2)12(16-8)9-5-3-4-6-10(9)13/h3-6,8,11-12H,7H2,1-2H3. The highest BCUT2D eigenvalue weighted by Crippen LogP contribution is 2.35. The minimum atomic E-state index is -0.221. The molecule has 4 heteroatoms. The van der Waals surface area contributed by atoms with Gasteiger partial charge in [0.2, 0.25) is 0 Å². The molecule has 2 rings (SSSR count). The molecule has 0 bridgehead atoms.